The van der Waals surface area contributed by atoms with E-state index in [1.165, 1.54) is 44.1 Å². The van der Waals surface area contributed by atoms with Crippen molar-refractivity contribution >= 4 is 51.2 Å². The van der Waals surface area contributed by atoms with Crippen LogP contribution in [0.1, 0.15) is 62.5 Å². The molecule has 6 aliphatic rings. The highest BCUT2D eigenvalue weighted by molar-refractivity contribution is 9.08. The first-order chi connectivity index (χ1) is 25.7. The number of hydrogen-bond donors (Lipinski definition) is 1. The van der Waals surface area contributed by atoms with Crippen LogP contribution in [0.4, 0.5) is 9.59 Å². The van der Waals surface area contributed by atoms with E-state index in [4.69, 9.17) is 27.9 Å². The third kappa shape index (κ3) is 11.7. The maximum absolute atomic E-state index is 12.7. The predicted molar refractivity (Wildman–Crippen MR) is 215 cm³/mol. The Morgan fingerprint density at radius 2 is 1.06 bits per heavy atom. The van der Waals surface area contributed by atoms with E-state index in [9.17, 15) is 14.7 Å². The van der Waals surface area contributed by atoms with E-state index < -0.39 is 0 Å². The van der Waals surface area contributed by atoms with Crippen LogP contribution < -0.4 is 0 Å². The summed E-state index contributed by atoms with van der Waals surface area (Å²) in [6.45, 7) is 10.8. The maximum atomic E-state index is 12.7. The van der Waals surface area contributed by atoms with E-state index in [0.29, 0.717) is 32.8 Å². The van der Waals surface area contributed by atoms with Gasteiger partial charge in [-0.05, 0) is 73.9 Å². The van der Waals surface area contributed by atoms with Crippen molar-refractivity contribution < 1.29 is 19.4 Å². The minimum atomic E-state index is -0.299. The predicted octanol–water partition coefficient (Wildman–Crippen LogP) is 6.80. The zero-order chi connectivity index (χ0) is 37.2. The lowest BCUT2D eigenvalue weighted by Gasteiger charge is -2.41. The molecule has 13 heteroatoms. The third-order valence-electron chi connectivity index (χ3n) is 11.5. The molecular weight excluding hydrogens is 779 g/mol. The summed E-state index contributed by atoms with van der Waals surface area (Å²) < 4.78 is 5.90. The lowest BCUT2D eigenvalue weighted by molar-refractivity contribution is -0.0493. The Hall–Kier alpha value is -2.12. The van der Waals surface area contributed by atoms with Gasteiger partial charge < -0.3 is 29.4 Å². The number of hydrogen-bond acceptors (Lipinski definition) is 6. The van der Waals surface area contributed by atoms with Gasteiger partial charge >= 0.3 is 12.1 Å². The van der Waals surface area contributed by atoms with Gasteiger partial charge in [-0.2, -0.15) is 0 Å². The monoisotopic (exact) mass is 834 g/mol. The number of urea groups is 2. The second-order valence-electron chi connectivity index (χ2n) is 15.3. The van der Waals surface area contributed by atoms with Crippen LogP contribution in [0, 0.1) is 0 Å². The van der Waals surface area contributed by atoms with Crippen LogP contribution in [0.5, 0.6) is 0 Å². The number of nitrogens with zero attached hydrogens (tertiary/aromatic N) is 6. The largest absolute Gasteiger partial charge is 0.389 e. The molecule has 2 aromatic rings. The van der Waals surface area contributed by atoms with Gasteiger partial charge in [0.25, 0.3) is 0 Å². The fourth-order valence-electron chi connectivity index (χ4n) is 7.57. The molecule has 53 heavy (non-hydrogen) atoms. The van der Waals surface area contributed by atoms with E-state index >= 15 is 0 Å². The number of alkyl halides is 1. The number of ether oxygens (including phenoxy) is 1. The van der Waals surface area contributed by atoms with E-state index in [1.807, 2.05) is 63.2 Å². The van der Waals surface area contributed by atoms with Gasteiger partial charge in [0.1, 0.15) is 0 Å². The Morgan fingerprint density at radius 1 is 0.604 bits per heavy atom. The van der Waals surface area contributed by atoms with Crippen molar-refractivity contribution in [3.63, 3.8) is 0 Å². The normalized spacial score (nSPS) is 22.1. The van der Waals surface area contributed by atoms with Crippen molar-refractivity contribution in [1.29, 1.82) is 0 Å². The fourth-order valence-corrected chi connectivity index (χ4v) is 8.20. The number of amides is 4. The summed E-state index contributed by atoms with van der Waals surface area (Å²) in [7, 11) is 0. The molecule has 4 heterocycles. The zero-order valence-electron chi connectivity index (χ0n) is 31.0. The molecule has 0 aromatic heterocycles. The molecule has 10 nitrogen and oxygen atoms in total. The summed E-state index contributed by atoms with van der Waals surface area (Å²) in [5, 5.41) is 11.7. The molecule has 2 aromatic carbocycles. The average molecular weight is 837 g/mol. The van der Waals surface area contributed by atoms with Crippen LogP contribution in [0.25, 0.3) is 0 Å². The highest BCUT2D eigenvalue weighted by Gasteiger charge is 2.36. The van der Waals surface area contributed by atoms with E-state index in [0.717, 1.165) is 98.2 Å². The highest BCUT2D eigenvalue weighted by Crippen LogP contribution is 2.27. The first-order valence-electron chi connectivity index (χ1n) is 19.7. The Bertz CT molecular complexity index is 1440. The van der Waals surface area contributed by atoms with Crippen LogP contribution >= 0.6 is 39.1 Å². The molecule has 4 aliphatic heterocycles. The van der Waals surface area contributed by atoms with Crippen molar-refractivity contribution in [2.24, 2.45) is 0 Å². The van der Waals surface area contributed by atoms with Crippen LogP contribution in [0.2, 0.25) is 10.0 Å². The van der Waals surface area contributed by atoms with Crippen molar-refractivity contribution in [2.45, 2.75) is 87.6 Å². The van der Waals surface area contributed by atoms with Gasteiger partial charge in [-0.3, -0.25) is 9.80 Å². The van der Waals surface area contributed by atoms with E-state index in [-0.39, 0.29) is 24.3 Å². The topological polar surface area (TPSA) is 83.0 Å². The third-order valence-corrected chi connectivity index (χ3v) is 12.7. The number of carbonyl (C=O) groups excluding carboxylic acids is 2. The van der Waals surface area contributed by atoms with Gasteiger partial charge in [-0.1, -0.05) is 76.2 Å². The maximum Gasteiger partial charge on any atom is 0.320 e. The zero-order valence-corrected chi connectivity index (χ0v) is 34.1. The van der Waals surface area contributed by atoms with Gasteiger partial charge in [0.2, 0.25) is 0 Å². The number of aliphatic hydroxyl groups is 1. The summed E-state index contributed by atoms with van der Waals surface area (Å²) in [5.41, 5.74) is 2.36. The quantitative estimate of drug-likeness (QED) is 0.323. The van der Waals surface area contributed by atoms with Crippen LogP contribution in [-0.4, -0.2) is 149 Å². The van der Waals surface area contributed by atoms with Gasteiger partial charge in [-0.15, -0.1) is 0 Å². The molecule has 4 amide bonds. The SMILES string of the molecule is Clc1ccc(CBr)cc1.O=C(N1CCCN(C2CCC2)CC1)N1CC(O)C1.O=C(N1CCCN(C2CCC2)CC1)N1CC(OCc2ccc(Cl)cc2)C1. The number of benzene rings is 2. The number of aliphatic hydroxyl groups excluding tert-OH is 1. The van der Waals surface area contributed by atoms with Crippen LogP contribution in [-0.2, 0) is 16.7 Å². The molecule has 0 unspecified atom stereocenters. The molecule has 1 N–H and O–H groups in total. The molecule has 8 rings (SSSR count). The Balaban J connectivity index is 0.000000153. The number of carbonyl (C=O) groups is 2. The number of rotatable bonds is 6. The second-order valence-corrected chi connectivity index (χ2v) is 16.7. The lowest BCUT2D eigenvalue weighted by atomic mass is 9.91. The standard InChI is InChI=1S/C20H28ClN3O2.C13H23N3O2.C7H6BrCl/c21-17-7-5-16(6-8-17)15-26-19-13-24(14-19)20(25)23-10-2-9-22(11-12-23)18-3-1-4-18;17-12-9-16(10-12)13(18)15-6-2-5-14(7-8-15)11-3-1-4-11;8-5-6-1-3-7(9)4-2-6/h5-8,18-19H,1-4,9-15H2;11-12,17H,1-10H2;1-4H,5H2. The van der Waals surface area contributed by atoms with Crippen LogP contribution in [0.3, 0.4) is 0 Å². The molecule has 2 aliphatic carbocycles. The Labute approximate surface area is 334 Å². The molecule has 2 saturated carbocycles. The summed E-state index contributed by atoms with van der Waals surface area (Å²) >= 11 is 14.9. The van der Waals surface area contributed by atoms with E-state index in [2.05, 4.69) is 25.7 Å². The van der Waals surface area contributed by atoms with E-state index in [1.54, 1.807) is 4.90 Å². The van der Waals surface area contributed by atoms with Crippen molar-refractivity contribution in [2.75, 3.05) is 78.5 Å². The smallest absolute Gasteiger partial charge is 0.320 e. The lowest BCUT2D eigenvalue weighted by Crippen LogP contribution is -2.58. The molecule has 6 fully saturated rings. The minimum absolute atomic E-state index is 0.121. The van der Waals surface area contributed by atoms with Gasteiger partial charge in [0, 0.05) is 79.8 Å². The molecule has 0 bridgehead atoms. The summed E-state index contributed by atoms with van der Waals surface area (Å²) in [6.07, 6.45) is 10.1. The average Bonchev–Trinajstić information content (AvgIpc) is 3.48. The molecule has 0 spiro atoms. The molecule has 292 valence electrons. The van der Waals surface area contributed by atoms with Gasteiger partial charge in [0.15, 0.2) is 0 Å². The molecular formula is C40H57BrCl2N6O4. The van der Waals surface area contributed by atoms with Crippen LogP contribution in [0.15, 0.2) is 48.5 Å². The highest BCUT2D eigenvalue weighted by atomic mass is 79.9. The number of halogens is 3. The van der Waals surface area contributed by atoms with Gasteiger partial charge in [-0.25, -0.2) is 9.59 Å². The number of β-amino-alcohol motifs (C(OH)–C–C–N with tert-alkyl or cyclic N) is 1. The first-order valence-corrected chi connectivity index (χ1v) is 21.5. The summed E-state index contributed by atoms with van der Waals surface area (Å²) in [4.78, 5) is 37.7. The minimum Gasteiger partial charge on any atom is -0.389 e. The van der Waals surface area contributed by atoms with Gasteiger partial charge in [0.05, 0.1) is 45.0 Å². The number of likely N-dealkylation sites (tertiary alicyclic amines) is 2. The van der Waals surface area contributed by atoms with Crippen molar-refractivity contribution in [1.82, 2.24) is 29.4 Å². The molecule has 0 radical (unpaired) electrons. The fraction of sp³-hybridized carbons (Fsp3) is 0.650. The second kappa shape index (κ2) is 20.2. The summed E-state index contributed by atoms with van der Waals surface area (Å²) in [5.74, 6) is 0. The van der Waals surface area contributed by atoms with Crippen molar-refractivity contribution in [3.8, 4) is 0 Å². The molecule has 0 atom stereocenters. The molecule has 4 saturated heterocycles. The Morgan fingerprint density at radius 3 is 1.47 bits per heavy atom. The van der Waals surface area contributed by atoms with Crippen molar-refractivity contribution in [3.05, 3.63) is 69.7 Å². The first kappa shape index (κ1) is 40.5. The summed E-state index contributed by atoms with van der Waals surface area (Å²) in [6, 6.07) is 17.4. The Kier molecular flexibility index (Phi) is 15.4.